The lowest BCUT2D eigenvalue weighted by atomic mass is 10.1. The van der Waals surface area contributed by atoms with Gasteiger partial charge in [-0.05, 0) is 19.4 Å². The number of nitrogens with zero attached hydrogens (tertiary/aromatic N) is 4. The van der Waals surface area contributed by atoms with E-state index in [9.17, 15) is 15.0 Å². The molecule has 6 N–H and O–H groups in total. The number of fused-ring (bicyclic) bond motifs is 1. The normalized spacial score (nSPS) is 31.5. The number of ether oxygens (including phenoxy) is 1. The number of nitrogens with one attached hydrogen (secondary N) is 2. The lowest BCUT2D eigenvalue weighted by Gasteiger charge is -2.22. The van der Waals surface area contributed by atoms with Gasteiger partial charge in [0.15, 0.2) is 17.7 Å². The molecule has 26 heavy (non-hydrogen) atoms. The smallest absolute Gasteiger partial charge is 0.237 e. The maximum absolute atomic E-state index is 12.4. The summed E-state index contributed by atoms with van der Waals surface area (Å²) in [6, 6.07) is -1.04. The average Bonchev–Trinajstić information content (AvgIpc) is 3.36. The third kappa shape index (κ3) is 2.78. The third-order valence-electron chi connectivity index (χ3n) is 4.90. The molecule has 0 radical (unpaired) electrons. The lowest BCUT2D eigenvalue weighted by molar-refractivity contribution is -0.124. The number of aromatic nitrogens is 4. The van der Waals surface area contributed by atoms with Crippen molar-refractivity contribution < 1.29 is 19.7 Å². The molecule has 0 spiro atoms. The number of carbonyl (C=O) groups excluding carboxylic acids is 1. The van der Waals surface area contributed by atoms with Crippen molar-refractivity contribution in [1.29, 1.82) is 0 Å². The average molecular weight is 363 g/mol. The molecule has 0 bridgehead atoms. The first-order chi connectivity index (χ1) is 12.6. The van der Waals surface area contributed by atoms with Gasteiger partial charge in [0, 0.05) is 0 Å². The molecule has 2 aromatic heterocycles. The van der Waals surface area contributed by atoms with Gasteiger partial charge in [0.1, 0.15) is 24.1 Å². The number of carbonyl (C=O) groups is 1. The molecule has 0 unspecified atom stereocenters. The molecule has 0 saturated carbocycles. The summed E-state index contributed by atoms with van der Waals surface area (Å²) < 4.78 is 7.31. The van der Waals surface area contributed by atoms with Crippen LogP contribution in [0.5, 0.6) is 0 Å². The van der Waals surface area contributed by atoms with E-state index in [0.29, 0.717) is 11.2 Å². The highest BCUT2D eigenvalue weighted by molar-refractivity contribution is 5.82. The first-order valence-corrected chi connectivity index (χ1v) is 8.51. The SMILES string of the molecule is Nc1ncnc2c1ncn2[C@@H]1O[C@H](CO)[C@@H](NC(=O)[C@@H]2CCCN2)[C@H]1O. The molecule has 0 aliphatic carbocycles. The zero-order valence-corrected chi connectivity index (χ0v) is 13.9. The molecule has 4 heterocycles. The second-order valence-corrected chi connectivity index (χ2v) is 6.50. The van der Waals surface area contributed by atoms with Crippen LogP contribution in [-0.2, 0) is 9.53 Å². The molecule has 1 amide bonds. The molecule has 2 aliphatic rings. The number of hydrogen-bond donors (Lipinski definition) is 5. The first-order valence-electron chi connectivity index (χ1n) is 8.51. The molecule has 2 aliphatic heterocycles. The van der Waals surface area contributed by atoms with E-state index in [-0.39, 0.29) is 24.4 Å². The largest absolute Gasteiger partial charge is 0.394 e. The highest BCUT2D eigenvalue weighted by Gasteiger charge is 2.46. The first kappa shape index (κ1) is 17.1. The van der Waals surface area contributed by atoms with Gasteiger partial charge in [-0.3, -0.25) is 9.36 Å². The number of hydrogen-bond acceptors (Lipinski definition) is 9. The standard InChI is InChI=1S/C15H21N7O4/c16-12-10-13(19-5-18-12)22(6-20-10)15-11(24)9(8(4-23)26-15)21-14(25)7-2-1-3-17-7/h5-9,11,15,17,23-24H,1-4H2,(H,21,25)(H2,16,18,19)/t7-,8+,9+,11+,15+/m0/s1. The second kappa shape index (κ2) is 6.76. The Hall–Kier alpha value is -2.34. The number of nitrogen functional groups attached to an aromatic ring is 1. The zero-order valence-electron chi connectivity index (χ0n) is 13.9. The van der Waals surface area contributed by atoms with Crippen LogP contribution in [0.4, 0.5) is 5.82 Å². The van der Waals surface area contributed by atoms with E-state index in [2.05, 4.69) is 25.6 Å². The summed E-state index contributed by atoms with van der Waals surface area (Å²) in [6.07, 6.45) is 1.70. The summed E-state index contributed by atoms with van der Waals surface area (Å²) in [4.78, 5) is 24.6. The Balaban J connectivity index is 1.58. The fourth-order valence-electron chi connectivity index (χ4n) is 3.54. The maximum atomic E-state index is 12.4. The van der Waals surface area contributed by atoms with Crippen LogP contribution in [0.15, 0.2) is 12.7 Å². The van der Waals surface area contributed by atoms with Crippen molar-refractivity contribution >= 4 is 22.9 Å². The summed E-state index contributed by atoms with van der Waals surface area (Å²) in [5.41, 5.74) is 6.59. The predicted molar refractivity (Wildman–Crippen MR) is 89.7 cm³/mol. The Bertz CT molecular complexity index is 806. The Kier molecular flexibility index (Phi) is 4.44. The minimum absolute atomic E-state index is 0.212. The third-order valence-corrected chi connectivity index (χ3v) is 4.90. The molecule has 11 heteroatoms. The number of imidazole rings is 1. The van der Waals surface area contributed by atoms with Gasteiger partial charge in [-0.25, -0.2) is 15.0 Å². The Morgan fingerprint density at radius 3 is 3.04 bits per heavy atom. The number of amides is 1. The van der Waals surface area contributed by atoms with Crippen LogP contribution in [0, 0.1) is 0 Å². The molecule has 4 rings (SSSR count). The van der Waals surface area contributed by atoms with E-state index in [4.69, 9.17) is 10.5 Å². The molecular weight excluding hydrogens is 342 g/mol. The molecular formula is C15H21N7O4. The summed E-state index contributed by atoms with van der Waals surface area (Å²) in [5, 5.41) is 26.3. The topological polar surface area (TPSA) is 160 Å². The summed E-state index contributed by atoms with van der Waals surface area (Å²) in [5.74, 6) is 0.00779. The number of aliphatic hydroxyl groups is 2. The predicted octanol–water partition coefficient (Wildman–Crippen LogP) is -2.10. The van der Waals surface area contributed by atoms with Crippen molar-refractivity contribution in [3.05, 3.63) is 12.7 Å². The summed E-state index contributed by atoms with van der Waals surface area (Å²) in [6.45, 7) is 0.441. The molecule has 2 saturated heterocycles. The van der Waals surface area contributed by atoms with Gasteiger partial charge in [-0.15, -0.1) is 0 Å². The van der Waals surface area contributed by atoms with Crippen LogP contribution in [0.3, 0.4) is 0 Å². The van der Waals surface area contributed by atoms with Crippen molar-refractivity contribution in [2.24, 2.45) is 0 Å². The summed E-state index contributed by atoms with van der Waals surface area (Å²) in [7, 11) is 0. The van der Waals surface area contributed by atoms with Crippen molar-refractivity contribution in [1.82, 2.24) is 30.2 Å². The van der Waals surface area contributed by atoms with E-state index in [1.54, 1.807) is 0 Å². The highest BCUT2D eigenvalue weighted by atomic mass is 16.5. The van der Waals surface area contributed by atoms with Crippen LogP contribution in [0.1, 0.15) is 19.1 Å². The van der Waals surface area contributed by atoms with Crippen LogP contribution < -0.4 is 16.4 Å². The van der Waals surface area contributed by atoms with Crippen LogP contribution in [-0.4, -0.2) is 73.1 Å². The fourth-order valence-corrected chi connectivity index (χ4v) is 3.54. The van der Waals surface area contributed by atoms with Gasteiger partial charge in [-0.2, -0.15) is 0 Å². The van der Waals surface area contributed by atoms with Gasteiger partial charge < -0.3 is 31.3 Å². The van der Waals surface area contributed by atoms with Crippen LogP contribution in [0.2, 0.25) is 0 Å². The maximum Gasteiger partial charge on any atom is 0.237 e. The van der Waals surface area contributed by atoms with Crippen molar-refractivity contribution in [3.8, 4) is 0 Å². The van der Waals surface area contributed by atoms with Crippen molar-refractivity contribution in [2.45, 2.75) is 43.4 Å². The Labute approximate surface area is 148 Å². The van der Waals surface area contributed by atoms with Gasteiger partial charge in [0.05, 0.1) is 25.0 Å². The summed E-state index contributed by atoms with van der Waals surface area (Å²) >= 11 is 0. The molecule has 5 atom stereocenters. The van der Waals surface area contributed by atoms with E-state index in [0.717, 1.165) is 19.4 Å². The van der Waals surface area contributed by atoms with E-state index < -0.39 is 24.5 Å². The molecule has 140 valence electrons. The van der Waals surface area contributed by atoms with Gasteiger partial charge in [-0.1, -0.05) is 0 Å². The molecule has 2 aromatic rings. The van der Waals surface area contributed by atoms with E-state index in [1.165, 1.54) is 17.2 Å². The minimum Gasteiger partial charge on any atom is -0.394 e. The molecule has 0 aromatic carbocycles. The Morgan fingerprint density at radius 2 is 2.31 bits per heavy atom. The number of aliphatic hydroxyl groups excluding tert-OH is 2. The van der Waals surface area contributed by atoms with Gasteiger partial charge in [0.2, 0.25) is 5.91 Å². The van der Waals surface area contributed by atoms with Crippen LogP contribution >= 0.6 is 0 Å². The number of nitrogens with two attached hydrogens (primary N) is 1. The minimum atomic E-state index is -1.09. The zero-order chi connectivity index (χ0) is 18.3. The van der Waals surface area contributed by atoms with E-state index >= 15 is 0 Å². The number of anilines is 1. The monoisotopic (exact) mass is 363 g/mol. The lowest BCUT2D eigenvalue weighted by Crippen LogP contribution is -2.52. The van der Waals surface area contributed by atoms with Gasteiger partial charge >= 0.3 is 0 Å². The quantitative estimate of drug-likeness (QED) is 0.410. The van der Waals surface area contributed by atoms with Crippen LogP contribution in [0.25, 0.3) is 11.2 Å². The van der Waals surface area contributed by atoms with E-state index in [1.807, 2.05) is 0 Å². The number of rotatable bonds is 4. The molecule has 11 nitrogen and oxygen atoms in total. The fraction of sp³-hybridized carbons (Fsp3) is 0.600. The van der Waals surface area contributed by atoms with Crippen molar-refractivity contribution in [2.75, 3.05) is 18.9 Å². The van der Waals surface area contributed by atoms with Gasteiger partial charge in [0.25, 0.3) is 0 Å². The molecule has 2 fully saturated rings. The highest BCUT2D eigenvalue weighted by Crippen LogP contribution is 2.32. The Morgan fingerprint density at radius 1 is 1.46 bits per heavy atom. The van der Waals surface area contributed by atoms with Crippen molar-refractivity contribution in [3.63, 3.8) is 0 Å². The second-order valence-electron chi connectivity index (χ2n) is 6.50.